The molecule has 8 heavy (non-hydrogen) atoms. The Balaban J connectivity index is 3.14. The lowest BCUT2D eigenvalue weighted by molar-refractivity contribution is -0.117. The van der Waals surface area contributed by atoms with Crippen molar-refractivity contribution in [1.29, 1.82) is 0 Å². The molecule has 0 saturated carbocycles. The highest BCUT2D eigenvalue weighted by molar-refractivity contribution is 5.73. The minimum absolute atomic E-state index is 0.284. The van der Waals surface area contributed by atoms with Crippen LogP contribution in [0.2, 0.25) is 0 Å². The van der Waals surface area contributed by atoms with Gasteiger partial charge in [0, 0.05) is 12.8 Å². The van der Waals surface area contributed by atoms with Crippen molar-refractivity contribution in [3.8, 4) is 11.8 Å². The lowest BCUT2D eigenvalue weighted by Crippen LogP contribution is -2.08. The molecule has 44 valence electrons. The number of rotatable bonds is 2. The van der Waals surface area contributed by atoms with Crippen LogP contribution >= 0.6 is 0 Å². The fraction of sp³-hybridized carbons (Fsp3) is 0.500. The Morgan fingerprint density at radius 3 is 2.75 bits per heavy atom. The predicted octanol–water partition coefficient (Wildman–Crippen LogP) is 0.275. The van der Waals surface area contributed by atoms with Gasteiger partial charge in [0.25, 0.3) is 0 Å². The molecule has 1 amide bonds. The second-order valence-corrected chi connectivity index (χ2v) is 1.39. The third-order valence-corrected chi connectivity index (χ3v) is 0.673. The van der Waals surface area contributed by atoms with Gasteiger partial charge in [0.2, 0.25) is 5.91 Å². The Hall–Kier alpha value is -0.970. The summed E-state index contributed by atoms with van der Waals surface area (Å²) in [5, 5.41) is 0. The minimum atomic E-state index is -0.284. The van der Waals surface area contributed by atoms with Gasteiger partial charge in [0.15, 0.2) is 0 Å². The van der Waals surface area contributed by atoms with Crippen LogP contribution in [-0.4, -0.2) is 5.91 Å². The lowest BCUT2D eigenvalue weighted by Gasteiger charge is -1.82. The molecule has 0 atom stereocenters. The van der Waals surface area contributed by atoms with E-state index in [1.165, 1.54) is 0 Å². The van der Waals surface area contributed by atoms with E-state index in [0.29, 0.717) is 12.8 Å². The Kier molecular flexibility index (Phi) is 3.69. The quantitative estimate of drug-likeness (QED) is 0.511. The minimum Gasteiger partial charge on any atom is -0.370 e. The zero-order chi connectivity index (χ0) is 6.41. The van der Waals surface area contributed by atoms with Crippen molar-refractivity contribution >= 4 is 5.91 Å². The molecule has 0 aromatic carbocycles. The molecule has 0 aromatic rings. The average molecular weight is 111 g/mol. The predicted molar refractivity (Wildman–Crippen MR) is 31.9 cm³/mol. The number of carbonyl (C=O) groups is 1. The van der Waals surface area contributed by atoms with Crippen LogP contribution in [0.3, 0.4) is 0 Å². The van der Waals surface area contributed by atoms with Crippen LogP contribution in [0.15, 0.2) is 0 Å². The summed E-state index contributed by atoms with van der Waals surface area (Å²) in [5.41, 5.74) is 4.83. The Labute approximate surface area is 49.1 Å². The Morgan fingerprint density at radius 2 is 2.38 bits per heavy atom. The van der Waals surface area contributed by atoms with E-state index in [4.69, 9.17) is 5.73 Å². The molecule has 0 unspecified atom stereocenters. The van der Waals surface area contributed by atoms with E-state index in [1.807, 2.05) is 0 Å². The normalized spacial score (nSPS) is 7.12. The number of carbonyl (C=O) groups excluding carboxylic acids is 1. The smallest absolute Gasteiger partial charge is 0.218 e. The van der Waals surface area contributed by atoms with Crippen molar-refractivity contribution in [2.45, 2.75) is 19.8 Å². The van der Waals surface area contributed by atoms with Crippen molar-refractivity contribution in [3.05, 3.63) is 0 Å². The molecule has 0 aliphatic rings. The van der Waals surface area contributed by atoms with E-state index in [9.17, 15) is 4.79 Å². The first kappa shape index (κ1) is 7.03. The standard InChI is InChI=1S/C6H9NO/c1-2-3-4-5-6(7)8/h4-5H2,1H3,(H2,7,8). The van der Waals surface area contributed by atoms with Gasteiger partial charge in [0.1, 0.15) is 0 Å². The van der Waals surface area contributed by atoms with Gasteiger partial charge in [-0.25, -0.2) is 0 Å². The van der Waals surface area contributed by atoms with Gasteiger partial charge in [-0.2, -0.15) is 0 Å². The van der Waals surface area contributed by atoms with E-state index in [2.05, 4.69) is 11.8 Å². The third-order valence-electron chi connectivity index (χ3n) is 0.673. The zero-order valence-corrected chi connectivity index (χ0v) is 4.90. The van der Waals surface area contributed by atoms with Gasteiger partial charge in [-0.1, -0.05) is 0 Å². The fourth-order valence-corrected chi connectivity index (χ4v) is 0.311. The fourth-order valence-electron chi connectivity index (χ4n) is 0.311. The van der Waals surface area contributed by atoms with E-state index < -0.39 is 0 Å². The van der Waals surface area contributed by atoms with E-state index in [0.717, 1.165) is 0 Å². The molecule has 0 bridgehead atoms. The Morgan fingerprint density at radius 1 is 1.75 bits per heavy atom. The summed E-state index contributed by atoms with van der Waals surface area (Å²) in [7, 11) is 0. The molecule has 0 radical (unpaired) electrons. The first-order chi connectivity index (χ1) is 3.77. The van der Waals surface area contributed by atoms with Crippen molar-refractivity contribution in [2.75, 3.05) is 0 Å². The van der Waals surface area contributed by atoms with Gasteiger partial charge in [0.05, 0.1) is 0 Å². The van der Waals surface area contributed by atoms with Crippen LogP contribution in [0, 0.1) is 11.8 Å². The molecule has 0 spiro atoms. The maximum absolute atomic E-state index is 10.0. The summed E-state index contributed by atoms with van der Waals surface area (Å²) in [5.74, 6) is 5.11. The van der Waals surface area contributed by atoms with Crippen molar-refractivity contribution in [1.82, 2.24) is 0 Å². The van der Waals surface area contributed by atoms with Crippen LogP contribution in [0.1, 0.15) is 19.8 Å². The number of hydrogen-bond donors (Lipinski definition) is 1. The topological polar surface area (TPSA) is 43.1 Å². The SMILES string of the molecule is CC#CCCC(N)=O. The van der Waals surface area contributed by atoms with Crippen LogP contribution in [0.25, 0.3) is 0 Å². The summed E-state index contributed by atoms with van der Waals surface area (Å²) < 4.78 is 0. The van der Waals surface area contributed by atoms with Crippen LogP contribution in [-0.2, 0) is 4.79 Å². The number of nitrogens with two attached hydrogens (primary N) is 1. The van der Waals surface area contributed by atoms with Crippen molar-refractivity contribution in [2.24, 2.45) is 5.73 Å². The van der Waals surface area contributed by atoms with Crippen LogP contribution < -0.4 is 5.73 Å². The molecule has 0 rings (SSSR count). The molecule has 0 aliphatic heterocycles. The van der Waals surface area contributed by atoms with Gasteiger partial charge in [-0.15, -0.1) is 11.8 Å². The number of hydrogen-bond acceptors (Lipinski definition) is 1. The lowest BCUT2D eigenvalue weighted by atomic mass is 10.3. The van der Waals surface area contributed by atoms with Crippen LogP contribution in [0.4, 0.5) is 0 Å². The highest BCUT2D eigenvalue weighted by atomic mass is 16.1. The maximum atomic E-state index is 10.0. The second kappa shape index (κ2) is 4.20. The summed E-state index contributed by atoms with van der Waals surface area (Å²) >= 11 is 0. The van der Waals surface area contributed by atoms with Crippen LogP contribution in [0.5, 0.6) is 0 Å². The molecular weight excluding hydrogens is 102 g/mol. The summed E-state index contributed by atoms with van der Waals surface area (Å²) in [4.78, 5) is 10.0. The summed E-state index contributed by atoms with van der Waals surface area (Å²) in [6, 6.07) is 0. The first-order valence-electron chi connectivity index (χ1n) is 2.45. The molecular formula is C6H9NO. The third kappa shape index (κ3) is 5.03. The molecule has 2 nitrogen and oxygen atoms in total. The highest BCUT2D eigenvalue weighted by Gasteiger charge is 1.87. The zero-order valence-electron chi connectivity index (χ0n) is 4.90. The highest BCUT2D eigenvalue weighted by Crippen LogP contribution is 1.81. The molecule has 0 heterocycles. The second-order valence-electron chi connectivity index (χ2n) is 1.39. The molecule has 0 saturated heterocycles. The van der Waals surface area contributed by atoms with Crippen molar-refractivity contribution in [3.63, 3.8) is 0 Å². The molecule has 2 heteroatoms. The number of amides is 1. The Bertz CT molecular complexity index is 129. The molecule has 0 fully saturated rings. The molecule has 2 N–H and O–H groups in total. The molecule has 0 aromatic heterocycles. The van der Waals surface area contributed by atoms with Gasteiger partial charge >= 0.3 is 0 Å². The largest absolute Gasteiger partial charge is 0.370 e. The maximum Gasteiger partial charge on any atom is 0.218 e. The monoisotopic (exact) mass is 111 g/mol. The van der Waals surface area contributed by atoms with Crippen molar-refractivity contribution < 1.29 is 4.79 Å². The van der Waals surface area contributed by atoms with Gasteiger partial charge in [-0.3, -0.25) is 4.79 Å². The van der Waals surface area contributed by atoms with E-state index >= 15 is 0 Å². The van der Waals surface area contributed by atoms with E-state index in [-0.39, 0.29) is 5.91 Å². The molecule has 0 aliphatic carbocycles. The van der Waals surface area contributed by atoms with E-state index in [1.54, 1.807) is 6.92 Å². The first-order valence-corrected chi connectivity index (χ1v) is 2.45. The number of primary amides is 1. The van der Waals surface area contributed by atoms with Gasteiger partial charge in [-0.05, 0) is 6.92 Å². The van der Waals surface area contributed by atoms with Gasteiger partial charge < -0.3 is 5.73 Å². The summed E-state index contributed by atoms with van der Waals surface area (Å²) in [6.07, 6.45) is 0.965. The average Bonchev–Trinajstić information content (AvgIpc) is 1.66. The summed E-state index contributed by atoms with van der Waals surface area (Å²) in [6.45, 7) is 1.74.